The Labute approximate surface area is 133 Å². The highest BCUT2D eigenvalue weighted by Crippen LogP contribution is 2.39. The number of imide groups is 1. The molecule has 1 spiro atoms. The Morgan fingerprint density at radius 1 is 1.32 bits per heavy atom. The van der Waals surface area contributed by atoms with E-state index in [1.807, 2.05) is 0 Å². The van der Waals surface area contributed by atoms with Crippen LogP contribution in [0.4, 0.5) is 4.79 Å². The minimum atomic E-state index is -0.727. The van der Waals surface area contributed by atoms with E-state index in [1.54, 1.807) is 7.05 Å². The second kappa shape index (κ2) is 5.91. The number of carbonyl (C=O) groups excluding carboxylic acids is 3. The van der Waals surface area contributed by atoms with Crippen LogP contribution in [0.3, 0.4) is 0 Å². The van der Waals surface area contributed by atoms with Crippen LogP contribution < -0.4 is 5.32 Å². The topological polar surface area (TPSA) is 82.1 Å². The summed E-state index contributed by atoms with van der Waals surface area (Å²) in [5.41, 5.74) is -0.727. The summed E-state index contributed by atoms with van der Waals surface area (Å²) in [6.07, 6.45) is 4.35. The summed E-state index contributed by atoms with van der Waals surface area (Å²) in [5, 5.41) is 3.24. The fourth-order valence-corrected chi connectivity index (χ4v) is 4.13. The van der Waals surface area contributed by atoms with Gasteiger partial charge in [0.15, 0.2) is 5.17 Å². The van der Waals surface area contributed by atoms with Gasteiger partial charge < -0.3 is 10.2 Å². The molecule has 3 aliphatic rings. The highest BCUT2D eigenvalue weighted by molar-refractivity contribution is 8.14. The van der Waals surface area contributed by atoms with E-state index in [9.17, 15) is 14.4 Å². The monoisotopic (exact) mass is 324 g/mol. The lowest BCUT2D eigenvalue weighted by Gasteiger charge is -2.35. The van der Waals surface area contributed by atoms with Gasteiger partial charge in [-0.15, -0.1) is 0 Å². The number of hydrogen-bond acceptors (Lipinski definition) is 5. The SMILES string of the molecule is CN1C(=O)N(CC(=O)NC2=NCCS2)C(=O)C12CCCCC2. The van der Waals surface area contributed by atoms with Crippen molar-refractivity contribution in [1.29, 1.82) is 0 Å². The van der Waals surface area contributed by atoms with Gasteiger partial charge in [-0.3, -0.25) is 19.5 Å². The predicted octanol–water partition coefficient (Wildman–Crippen LogP) is 0.802. The van der Waals surface area contributed by atoms with Crippen LogP contribution in [0.25, 0.3) is 0 Å². The molecular formula is C14H20N4O3S. The molecule has 2 heterocycles. The fraction of sp³-hybridized carbons (Fsp3) is 0.714. The molecule has 0 aromatic carbocycles. The maximum absolute atomic E-state index is 12.7. The molecule has 7 nitrogen and oxygen atoms in total. The van der Waals surface area contributed by atoms with Crippen LogP contribution in [-0.4, -0.2) is 64.2 Å². The second-order valence-corrected chi connectivity index (χ2v) is 6.99. The number of amidine groups is 1. The molecule has 0 unspecified atom stereocenters. The molecule has 2 fully saturated rings. The molecule has 22 heavy (non-hydrogen) atoms. The minimum absolute atomic E-state index is 0.226. The van der Waals surface area contributed by atoms with Crippen LogP contribution in [0.2, 0.25) is 0 Å². The van der Waals surface area contributed by atoms with Crippen LogP contribution in [0, 0.1) is 0 Å². The number of thioether (sulfide) groups is 1. The lowest BCUT2D eigenvalue weighted by molar-refractivity contribution is -0.137. The van der Waals surface area contributed by atoms with E-state index in [2.05, 4.69) is 10.3 Å². The van der Waals surface area contributed by atoms with Gasteiger partial charge in [0.2, 0.25) is 5.91 Å². The van der Waals surface area contributed by atoms with E-state index in [-0.39, 0.29) is 24.4 Å². The van der Waals surface area contributed by atoms with Crippen molar-refractivity contribution >= 4 is 34.8 Å². The zero-order valence-corrected chi connectivity index (χ0v) is 13.4. The standard InChI is InChI=1S/C14H20N4O3S/c1-17-13(21)18(9-10(19)16-12-15-7-8-22-12)11(20)14(17)5-3-2-4-6-14/h2-9H2,1H3,(H,15,16,19). The lowest BCUT2D eigenvalue weighted by atomic mass is 9.81. The average molecular weight is 324 g/mol. The lowest BCUT2D eigenvalue weighted by Crippen LogP contribution is -2.49. The summed E-state index contributed by atoms with van der Waals surface area (Å²) in [4.78, 5) is 43.9. The number of aliphatic imine (C=N–C) groups is 1. The van der Waals surface area contributed by atoms with Gasteiger partial charge in [-0.05, 0) is 12.8 Å². The molecular weight excluding hydrogens is 304 g/mol. The van der Waals surface area contributed by atoms with Crippen LogP contribution in [0.15, 0.2) is 4.99 Å². The number of rotatable bonds is 2. The number of nitrogens with zero attached hydrogens (tertiary/aromatic N) is 3. The number of likely N-dealkylation sites (N-methyl/N-ethyl adjacent to an activating group) is 1. The van der Waals surface area contributed by atoms with Crippen molar-refractivity contribution in [3.05, 3.63) is 0 Å². The molecule has 0 bridgehead atoms. The zero-order valence-electron chi connectivity index (χ0n) is 12.6. The maximum atomic E-state index is 12.7. The van der Waals surface area contributed by atoms with E-state index in [1.165, 1.54) is 16.7 Å². The number of urea groups is 1. The van der Waals surface area contributed by atoms with Crippen molar-refractivity contribution in [2.24, 2.45) is 4.99 Å². The zero-order chi connectivity index (χ0) is 15.7. The molecule has 0 atom stereocenters. The van der Waals surface area contributed by atoms with Gasteiger partial charge in [0.25, 0.3) is 5.91 Å². The summed E-state index contributed by atoms with van der Waals surface area (Å²) in [6.45, 7) is 0.455. The summed E-state index contributed by atoms with van der Waals surface area (Å²) in [6, 6.07) is -0.372. The third-order valence-corrected chi connectivity index (χ3v) is 5.51. The van der Waals surface area contributed by atoms with E-state index in [0.717, 1.165) is 29.9 Å². The molecule has 0 radical (unpaired) electrons. The van der Waals surface area contributed by atoms with Crippen molar-refractivity contribution in [2.75, 3.05) is 25.9 Å². The normalized spacial score (nSPS) is 24.1. The quantitative estimate of drug-likeness (QED) is 0.762. The molecule has 2 aliphatic heterocycles. The van der Waals surface area contributed by atoms with Gasteiger partial charge in [-0.2, -0.15) is 0 Å². The molecule has 1 saturated heterocycles. The number of hydrogen-bond donors (Lipinski definition) is 1. The predicted molar refractivity (Wildman–Crippen MR) is 83.6 cm³/mol. The van der Waals surface area contributed by atoms with E-state index in [0.29, 0.717) is 24.6 Å². The van der Waals surface area contributed by atoms with E-state index < -0.39 is 5.54 Å². The largest absolute Gasteiger partial charge is 0.327 e. The summed E-state index contributed by atoms with van der Waals surface area (Å²) >= 11 is 1.47. The van der Waals surface area contributed by atoms with Crippen molar-refractivity contribution in [1.82, 2.24) is 15.1 Å². The molecule has 1 aliphatic carbocycles. The van der Waals surface area contributed by atoms with Gasteiger partial charge in [-0.25, -0.2) is 4.79 Å². The van der Waals surface area contributed by atoms with Crippen LogP contribution >= 0.6 is 11.8 Å². The molecule has 1 saturated carbocycles. The third kappa shape index (κ3) is 2.49. The molecule has 8 heteroatoms. The Bertz CT molecular complexity index is 542. The first-order valence-corrected chi connectivity index (χ1v) is 8.60. The summed E-state index contributed by atoms with van der Waals surface area (Å²) in [7, 11) is 1.67. The molecule has 0 aromatic heterocycles. The van der Waals surface area contributed by atoms with Gasteiger partial charge in [0, 0.05) is 12.8 Å². The molecule has 120 valence electrons. The van der Waals surface area contributed by atoms with Crippen molar-refractivity contribution in [3.8, 4) is 0 Å². The average Bonchev–Trinajstić information content (AvgIpc) is 3.08. The molecule has 4 amide bonds. The first-order valence-electron chi connectivity index (χ1n) is 7.61. The van der Waals surface area contributed by atoms with Gasteiger partial charge in [-0.1, -0.05) is 31.0 Å². The number of nitrogens with one attached hydrogen (secondary N) is 1. The minimum Gasteiger partial charge on any atom is -0.313 e. The van der Waals surface area contributed by atoms with Crippen molar-refractivity contribution in [2.45, 2.75) is 37.6 Å². The Kier molecular flexibility index (Phi) is 4.12. The molecule has 3 rings (SSSR count). The Balaban J connectivity index is 1.69. The highest BCUT2D eigenvalue weighted by Gasteiger charge is 2.55. The maximum Gasteiger partial charge on any atom is 0.327 e. The van der Waals surface area contributed by atoms with Gasteiger partial charge >= 0.3 is 6.03 Å². The molecule has 0 aromatic rings. The number of amides is 4. The Hall–Kier alpha value is -1.57. The van der Waals surface area contributed by atoms with Crippen LogP contribution in [-0.2, 0) is 9.59 Å². The first-order chi connectivity index (χ1) is 10.5. The van der Waals surface area contributed by atoms with Crippen molar-refractivity contribution in [3.63, 3.8) is 0 Å². The van der Waals surface area contributed by atoms with Gasteiger partial charge in [0.05, 0.1) is 6.54 Å². The smallest absolute Gasteiger partial charge is 0.313 e. The van der Waals surface area contributed by atoms with Gasteiger partial charge in [0.1, 0.15) is 12.1 Å². The highest BCUT2D eigenvalue weighted by atomic mass is 32.2. The van der Waals surface area contributed by atoms with Crippen LogP contribution in [0.5, 0.6) is 0 Å². The second-order valence-electron chi connectivity index (χ2n) is 5.91. The van der Waals surface area contributed by atoms with Crippen molar-refractivity contribution < 1.29 is 14.4 Å². The third-order valence-electron chi connectivity index (χ3n) is 4.62. The molecule has 1 N–H and O–H groups in total. The Morgan fingerprint density at radius 3 is 2.68 bits per heavy atom. The van der Waals surface area contributed by atoms with E-state index >= 15 is 0 Å². The first kappa shape index (κ1) is 15.3. The number of carbonyl (C=O) groups is 3. The Morgan fingerprint density at radius 2 is 2.05 bits per heavy atom. The van der Waals surface area contributed by atoms with E-state index in [4.69, 9.17) is 0 Å². The summed E-state index contributed by atoms with van der Waals surface area (Å²) < 4.78 is 0. The van der Waals surface area contributed by atoms with Crippen LogP contribution in [0.1, 0.15) is 32.1 Å². The fourth-order valence-electron chi connectivity index (χ4n) is 3.38. The summed E-state index contributed by atoms with van der Waals surface area (Å²) in [5.74, 6) is 0.259.